The van der Waals surface area contributed by atoms with E-state index < -0.39 is 5.97 Å². The molecule has 0 fully saturated rings. The summed E-state index contributed by atoms with van der Waals surface area (Å²) in [5.74, 6) is 0.430. The second-order valence-corrected chi connectivity index (χ2v) is 5.55. The number of carbonyl (C=O) groups is 1. The molecule has 0 saturated carbocycles. The molecule has 0 spiro atoms. The molecule has 1 aliphatic carbocycles. The van der Waals surface area contributed by atoms with E-state index in [0.717, 1.165) is 55.5 Å². The third kappa shape index (κ3) is 5.83. The number of benzene rings is 1. The number of thiol groups is 1. The first kappa shape index (κ1) is 19.9. The molecule has 1 N–H and O–H groups in total. The van der Waals surface area contributed by atoms with Gasteiger partial charge in [-0.25, -0.2) is 4.67 Å². The molecular formula is C17H24N2O4S. The summed E-state index contributed by atoms with van der Waals surface area (Å²) in [7, 11) is 3.31. The number of carboxylic acid groups (broad SMARTS) is 1. The Balaban J connectivity index is 0.000000648. The van der Waals surface area contributed by atoms with Crippen LogP contribution in [0.25, 0.3) is 0 Å². The van der Waals surface area contributed by atoms with E-state index in [0.29, 0.717) is 5.17 Å². The van der Waals surface area contributed by atoms with Gasteiger partial charge in [-0.3, -0.25) is 5.32 Å². The maximum absolute atomic E-state index is 8.89. The Morgan fingerprint density at radius 2 is 1.88 bits per heavy atom. The number of aryl methyl sites for hydroxylation is 1. The van der Waals surface area contributed by atoms with Crippen LogP contribution in [0.5, 0.6) is 11.5 Å². The van der Waals surface area contributed by atoms with Gasteiger partial charge in [-0.15, -0.1) is 0 Å². The van der Waals surface area contributed by atoms with E-state index in [1.807, 2.05) is 19.1 Å². The Morgan fingerprint density at radius 3 is 2.42 bits per heavy atom. The van der Waals surface area contributed by atoms with Gasteiger partial charge in [0.2, 0.25) is 5.71 Å². The number of nitrogens with one attached hydrogen (secondary N) is 1. The lowest BCUT2D eigenvalue weighted by Crippen LogP contribution is -2.23. The van der Waals surface area contributed by atoms with Gasteiger partial charge in [0.15, 0.2) is 11.5 Å². The number of hydrogen-bond acceptors (Lipinski definition) is 4. The molecule has 0 unspecified atom stereocenters. The average Bonchev–Trinajstić information content (AvgIpc) is 2.53. The minimum Gasteiger partial charge on any atom is -0.550 e. The molecule has 7 heteroatoms. The van der Waals surface area contributed by atoms with Crippen molar-refractivity contribution in [3.8, 4) is 11.5 Å². The number of aliphatic carboxylic acids is 1. The van der Waals surface area contributed by atoms with Gasteiger partial charge in [-0.1, -0.05) is 0 Å². The zero-order valence-corrected chi connectivity index (χ0v) is 15.4. The summed E-state index contributed by atoms with van der Waals surface area (Å²) in [6.07, 6.45) is 3.09. The van der Waals surface area contributed by atoms with E-state index in [1.165, 1.54) is 5.56 Å². The van der Waals surface area contributed by atoms with Crippen molar-refractivity contribution in [2.45, 2.75) is 33.1 Å². The van der Waals surface area contributed by atoms with Crippen molar-refractivity contribution in [2.75, 3.05) is 20.8 Å². The zero-order valence-electron chi connectivity index (χ0n) is 14.5. The van der Waals surface area contributed by atoms with E-state index in [9.17, 15) is 0 Å². The van der Waals surface area contributed by atoms with Crippen LogP contribution in [0, 0.1) is 0 Å². The highest BCUT2D eigenvalue weighted by Crippen LogP contribution is 2.33. The fraction of sp³-hybridized carbons (Fsp3) is 0.471. The lowest BCUT2D eigenvalue weighted by Gasteiger charge is -2.17. The Bertz CT molecular complexity index is 648. The van der Waals surface area contributed by atoms with Gasteiger partial charge in [0.25, 0.3) is 0 Å². The predicted octanol–water partition coefficient (Wildman–Crippen LogP) is 0.548. The van der Waals surface area contributed by atoms with Crippen molar-refractivity contribution in [1.82, 2.24) is 9.98 Å². The summed E-state index contributed by atoms with van der Waals surface area (Å²) in [5.41, 5.74) is 3.45. The van der Waals surface area contributed by atoms with Crippen molar-refractivity contribution >= 4 is 29.5 Å². The highest BCUT2D eigenvalue weighted by atomic mass is 32.1. The van der Waals surface area contributed by atoms with Crippen LogP contribution in [0.1, 0.15) is 37.8 Å². The van der Waals surface area contributed by atoms with Crippen molar-refractivity contribution in [1.29, 1.82) is 0 Å². The van der Waals surface area contributed by atoms with Gasteiger partial charge in [0.1, 0.15) is 0 Å². The van der Waals surface area contributed by atoms with Crippen LogP contribution < -0.4 is 24.6 Å². The first-order valence-electron chi connectivity index (χ1n) is 7.73. The smallest absolute Gasteiger partial charge is 0.401 e. The van der Waals surface area contributed by atoms with Gasteiger partial charge in [0, 0.05) is 18.0 Å². The van der Waals surface area contributed by atoms with E-state index in [1.54, 1.807) is 14.2 Å². The standard InChI is InChI=1S/C15H20N2O2S.C2H4O2/c1-4-16-15(20)17-12-7-5-6-10-8-13(18-2)14(19-3)9-11(10)12;1-2(3)4/h8-9H,4-7H2,1-3H3,(H,16,20);1H3,(H,3,4). The molecule has 0 amide bonds. The minimum absolute atomic E-state index is 0.658. The highest BCUT2D eigenvalue weighted by Gasteiger charge is 2.22. The Kier molecular flexibility index (Phi) is 8.22. The summed E-state index contributed by atoms with van der Waals surface area (Å²) in [6.45, 7) is 3.81. The lowest BCUT2D eigenvalue weighted by molar-refractivity contribution is -0.302. The number of nitrogens with zero attached hydrogens (tertiary/aromatic N) is 1. The van der Waals surface area contributed by atoms with Crippen molar-refractivity contribution in [3.05, 3.63) is 23.3 Å². The van der Waals surface area contributed by atoms with Crippen molar-refractivity contribution in [2.24, 2.45) is 0 Å². The van der Waals surface area contributed by atoms with Crippen LogP contribution in [-0.4, -0.2) is 37.6 Å². The second kappa shape index (κ2) is 9.90. The molecule has 0 radical (unpaired) electrons. The summed E-state index contributed by atoms with van der Waals surface area (Å²) in [4.78, 5) is 8.89. The van der Waals surface area contributed by atoms with Crippen LogP contribution in [0.4, 0.5) is 0 Å². The van der Waals surface area contributed by atoms with Crippen LogP contribution in [0.15, 0.2) is 12.1 Å². The maximum atomic E-state index is 8.89. The molecule has 1 aromatic carbocycles. The summed E-state index contributed by atoms with van der Waals surface area (Å²) < 4.78 is 15.3. The molecule has 6 nitrogen and oxygen atoms in total. The molecule has 24 heavy (non-hydrogen) atoms. The van der Waals surface area contributed by atoms with Gasteiger partial charge < -0.3 is 19.4 Å². The number of carbonyl (C=O) groups excluding carboxylic acids is 1. The summed E-state index contributed by atoms with van der Waals surface area (Å²) in [5, 5.41) is 12.7. The molecule has 0 bridgehead atoms. The molecule has 132 valence electrons. The highest BCUT2D eigenvalue weighted by molar-refractivity contribution is 7.96. The number of methoxy groups -OCH3 is 2. The van der Waals surface area contributed by atoms with Crippen LogP contribution in [0.3, 0.4) is 0 Å². The number of fused-ring (bicyclic) bond motifs is 1. The molecule has 0 heterocycles. The fourth-order valence-corrected chi connectivity index (χ4v) is 2.70. The van der Waals surface area contributed by atoms with Gasteiger partial charge in [0.05, 0.1) is 20.8 Å². The monoisotopic (exact) mass is 352 g/mol. The second-order valence-electron chi connectivity index (χ2n) is 5.12. The van der Waals surface area contributed by atoms with Crippen LogP contribution >= 0.6 is 12.6 Å². The molecular weight excluding hydrogens is 328 g/mol. The van der Waals surface area contributed by atoms with E-state index in [-0.39, 0.29) is 0 Å². The first-order chi connectivity index (χ1) is 11.4. The number of rotatable bonds is 3. The molecule has 0 saturated heterocycles. The Labute approximate surface area is 148 Å². The van der Waals surface area contributed by atoms with Crippen LogP contribution in [-0.2, 0) is 11.2 Å². The largest absolute Gasteiger partial charge is 0.550 e. The number of ether oxygens (including phenoxy) is 2. The van der Waals surface area contributed by atoms with Gasteiger partial charge in [-0.2, -0.15) is 0 Å². The maximum Gasteiger partial charge on any atom is 0.401 e. The molecule has 0 aliphatic heterocycles. The SMILES string of the molecule is CC(=O)[O-].CCNC(S)=[N+]=C1CCCc2cc(OC)c(OC)cc21. The lowest BCUT2D eigenvalue weighted by atomic mass is 9.89. The Morgan fingerprint density at radius 1 is 1.29 bits per heavy atom. The fourth-order valence-electron chi connectivity index (χ4n) is 2.42. The molecule has 1 aromatic rings. The molecule has 0 aromatic heterocycles. The summed E-state index contributed by atoms with van der Waals surface area (Å²) >= 11 is 4.36. The normalized spacial score (nSPS) is 12.1. The summed E-state index contributed by atoms with van der Waals surface area (Å²) in [6, 6.07) is 4.06. The van der Waals surface area contributed by atoms with E-state index >= 15 is 0 Å². The minimum atomic E-state index is -1.08. The number of carboxylic acids is 1. The molecule has 1 aliphatic rings. The topological polar surface area (TPSA) is 84.7 Å². The van der Waals surface area contributed by atoms with E-state index in [2.05, 4.69) is 22.6 Å². The average molecular weight is 352 g/mol. The third-order valence-corrected chi connectivity index (χ3v) is 3.61. The molecule has 2 rings (SSSR count). The van der Waals surface area contributed by atoms with Gasteiger partial charge in [-0.05, 0) is 57.0 Å². The number of hydrogen-bond donors (Lipinski definition) is 2. The quantitative estimate of drug-likeness (QED) is 0.359. The molecule has 0 atom stereocenters. The first-order valence-corrected chi connectivity index (χ1v) is 8.17. The van der Waals surface area contributed by atoms with Gasteiger partial charge >= 0.3 is 5.17 Å². The van der Waals surface area contributed by atoms with E-state index in [4.69, 9.17) is 19.4 Å². The van der Waals surface area contributed by atoms with Crippen LogP contribution in [0.2, 0.25) is 0 Å². The third-order valence-electron chi connectivity index (χ3n) is 3.36. The van der Waals surface area contributed by atoms with Crippen molar-refractivity contribution < 1.29 is 19.4 Å². The van der Waals surface area contributed by atoms with Crippen molar-refractivity contribution in [3.63, 3.8) is 0 Å². The Hall–Kier alpha value is -2.11. The number of amidine groups is 1. The predicted molar refractivity (Wildman–Crippen MR) is 97.1 cm³/mol. The zero-order chi connectivity index (χ0) is 18.1.